The van der Waals surface area contributed by atoms with Gasteiger partial charge < -0.3 is 37.3 Å². The number of methoxy groups -OCH3 is 1. The van der Waals surface area contributed by atoms with Crippen molar-refractivity contribution in [3.05, 3.63) is 113 Å². The number of hydrogen-bond donors (Lipinski definition) is 0. The number of carbonyl (C=O) groups excluding carboxylic acids is 1. The predicted molar refractivity (Wildman–Crippen MR) is 288 cm³/mol. The molecule has 0 aromatic heterocycles. The van der Waals surface area contributed by atoms with Crippen molar-refractivity contribution in [2.24, 2.45) is 11.0 Å². The van der Waals surface area contributed by atoms with Gasteiger partial charge in [0.05, 0.1) is 25.4 Å². The van der Waals surface area contributed by atoms with Crippen LogP contribution in [0.5, 0.6) is 11.5 Å². The van der Waals surface area contributed by atoms with Crippen molar-refractivity contribution in [2.45, 2.75) is 161 Å². The van der Waals surface area contributed by atoms with Gasteiger partial charge in [-0.1, -0.05) is 158 Å². The molecule has 1 unspecified atom stereocenters. The van der Waals surface area contributed by atoms with Gasteiger partial charge in [0, 0.05) is 38.3 Å². The van der Waals surface area contributed by atoms with E-state index in [1.54, 1.807) is 12.1 Å². The Hall–Kier alpha value is -4.03. The Bertz CT molecular complexity index is 2160. The highest BCUT2D eigenvalue weighted by Crippen LogP contribution is 2.42. The van der Waals surface area contributed by atoms with Crippen LogP contribution >= 0.6 is 0 Å². The summed E-state index contributed by atoms with van der Waals surface area (Å²) in [7, 11) is -5.19. The molecule has 0 saturated carbocycles. The molecule has 0 amide bonds. The molecule has 1 fully saturated rings. The lowest BCUT2D eigenvalue weighted by Gasteiger charge is -2.45. The molecule has 380 valence electrons. The predicted octanol–water partition coefficient (Wildman–Crippen LogP) is 12.7. The maximum Gasteiger partial charge on any atom is 0.342 e. The molecule has 0 radical (unpaired) electrons. The van der Waals surface area contributed by atoms with Crippen molar-refractivity contribution < 1.29 is 42.1 Å². The Morgan fingerprint density at radius 3 is 1.99 bits per heavy atom. The lowest BCUT2D eigenvalue weighted by molar-refractivity contribution is -0.151. The molecule has 69 heavy (non-hydrogen) atoms. The molecule has 0 spiro atoms. The molecule has 1 saturated heterocycles. The maximum atomic E-state index is 14.1. The second-order valence-corrected chi connectivity index (χ2v) is 37.0. The van der Waals surface area contributed by atoms with Crippen molar-refractivity contribution in [2.75, 3.05) is 33.7 Å². The molecule has 0 bridgehead atoms. The molecule has 3 aromatic carbocycles. The second-order valence-electron chi connectivity index (χ2n) is 22.4. The van der Waals surface area contributed by atoms with Crippen LogP contribution in [0.15, 0.2) is 96.1 Å². The lowest BCUT2D eigenvalue weighted by atomic mass is 9.99. The van der Waals surface area contributed by atoms with Crippen LogP contribution in [0.4, 0.5) is 0 Å². The van der Waals surface area contributed by atoms with Gasteiger partial charge in [-0.2, -0.15) is 0 Å². The first kappa shape index (κ1) is 57.5. The van der Waals surface area contributed by atoms with E-state index in [-0.39, 0.29) is 54.2 Å². The van der Waals surface area contributed by atoms with E-state index in [4.69, 9.17) is 42.8 Å². The molecule has 12 nitrogen and oxygen atoms in total. The number of esters is 1. The molecule has 1 aliphatic heterocycles. The first-order chi connectivity index (χ1) is 32.3. The van der Waals surface area contributed by atoms with Crippen LogP contribution in [0.25, 0.3) is 16.5 Å². The van der Waals surface area contributed by atoms with E-state index in [2.05, 4.69) is 171 Å². The van der Waals surface area contributed by atoms with Gasteiger partial charge in [0.2, 0.25) is 0 Å². The van der Waals surface area contributed by atoms with Crippen molar-refractivity contribution in [3.8, 4) is 11.5 Å². The van der Waals surface area contributed by atoms with E-state index >= 15 is 0 Å². The molecule has 3 aromatic rings. The van der Waals surface area contributed by atoms with E-state index in [0.717, 1.165) is 6.04 Å². The summed E-state index contributed by atoms with van der Waals surface area (Å²) in [6.45, 7) is 33.9. The maximum absolute atomic E-state index is 14.1. The summed E-state index contributed by atoms with van der Waals surface area (Å²) in [5, 5.41) is 5.88. The Balaban J connectivity index is 1.75. The summed E-state index contributed by atoms with van der Waals surface area (Å²) in [5.74, 6) is -0.650. The molecule has 5 atom stereocenters. The zero-order chi connectivity index (χ0) is 51.3. The number of ether oxygens (including phenoxy) is 6. The minimum Gasteiger partial charge on any atom is -0.493 e. The summed E-state index contributed by atoms with van der Waals surface area (Å²) in [6, 6.07) is 25.8. The Labute approximate surface area is 417 Å². The van der Waals surface area contributed by atoms with E-state index < -0.39 is 54.8 Å². The van der Waals surface area contributed by atoms with Gasteiger partial charge in [-0.05, 0) is 96.8 Å². The highest BCUT2D eigenvalue weighted by atomic mass is 28.4. The first-order valence-corrected chi connectivity index (χ1v) is 33.1. The van der Waals surface area contributed by atoms with Crippen LogP contribution in [-0.2, 0) is 27.8 Å². The average Bonchev–Trinajstić information content (AvgIpc) is 3.58. The fourth-order valence-corrected chi connectivity index (χ4v) is 14.9. The zero-order valence-corrected chi connectivity index (χ0v) is 47.6. The largest absolute Gasteiger partial charge is 0.493 e. The quantitative estimate of drug-likeness (QED) is 0.0119. The Morgan fingerprint density at radius 1 is 0.826 bits per heavy atom. The smallest absolute Gasteiger partial charge is 0.342 e. The molecule has 4 rings (SSSR count). The van der Waals surface area contributed by atoms with Crippen molar-refractivity contribution in [1.29, 1.82) is 0 Å². The molecule has 15 heteroatoms. The summed E-state index contributed by atoms with van der Waals surface area (Å²) >= 11 is 0. The average molecular weight is 1000 g/mol. The standard InChI is InChI=1S/C54H83N3O9Si3/c1-40(41(2)65-69(53(6,7)8,42-25-19-17-20-26-42)43-27-21-18-22-28-43)31-32-48(66-68(15,16)52(3,4)5)50-47(63-54(9,10)64-50)30-23-29-44-45(60-36-24-35-56-57-55)33-34-46(62-39-59-11)49(44)51(58)61-37-38-67(12,13)14/h17-23,25-29,31-34,40-41,47-48,50H,24,30,35-39H2,1-16H3/b29-23+,32-31-/t40-,41+,47+,48?,50+/m1/s1. The third-order valence-corrected chi connectivity index (χ3v) is 24.4. The summed E-state index contributed by atoms with van der Waals surface area (Å²) in [5.41, 5.74) is 9.55. The van der Waals surface area contributed by atoms with Crippen molar-refractivity contribution >= 4 is 47.1 Å². The van der Waals surface area contributed by atoms with Crippen LogP contribution in [-0.4, -0.2) is 94.5 Å². The number of azide groups is 1. The molecule has 0 aliphatic carbocycles. The third kappa shape index (κ3) is 16.0. The molecule has 0 N–H and O–H groups in total. The van der Waals surface area contributed by atoms with Crippen LogP contribution in [0.1, 0.15) is 98.0 Å². The van der Waals surface area contributed by atoms with Crippen molar-refractivity contribution in [3.63, 3.8) is 0 Å². The SMILES string of the molecule is COCOc1ccc(OCCCN=[N+]=[N-])c(/C=C/C[C@@H]2OC(C)(C)O[C@@H]2C(/C=C\[C@@H](C)[C@H](C)O[Si](c2ccccc2)(c2ccccc2)C(C)(C)C)O[Si](C)(C)C(C)(C)C)c1C(=O)OCC[Si](C)(C)C. The summed E-state index contributed by atoms with van der Waals surface area (Å²) in [4.78, 5) is 16.9. The number of nitrogens with zero attached hydrogens (tertiary/aromatic N) is 3. The number of benzene rings is 3. The normalized spacial score (nSPS) is 18.2. The summed E-state index contributed by atoms with van der Waals surface area (Å²) in [6.07, 6.45) is 7.67. The summed E-state index contributed by atoms with van der Waals surface area (Å²) < 4.78 is 51.8. The van der Waals surface area contributed by atoms with Crippen molar-refractivity contribution in [1.82, 2.24) is 0 Å². The van der Waals surface area contributed by atoms with E-state index in [0.29, 0.717) is 29.9 Å². The van der Waals surface area contributed by atoms with Crippen LogP contribution in [0.3, 0.4) is 0 Å². The monoisotopic (exact) mass is 1000 g/mol. The van der Waals surface area contributed by atoms with Gasteiger partial charge in [0.1, 0.15) is 23.2 Å². The first-order valence-electron chi connectivity index (χ1n) is 24.5. The van der Waals surface area contributed by atoms with Gasteiger partial charge in [0.15, 0.2) is 20.9 Å². The van der Waals surface area contributed by atoms with E-state index in [1.165, 1.54) is 17.5 Å². The molecular formula is C54H83N3O9Si3. The molecule has 1 heterocycles. The van der Waals surface area contributed by atoms with Gasteiger partial charge in [-0.25, -0.2) is 4.79 Å². The van der Waals surface area contributed by atoms with Crippen LogP contribution in [0, 0.1) is 5.92 Å². The highest BCUT2D eigenvalue weighted by molar-refractivity contribution is 6.99. The fourth-order valence-electron chi connectivity index (χ4n) is 8.10. The van der Waals surface area contributed by atoms with E-state index in [9.17, 15) is 4.79 Å². The van der Waals surface area contributed by atoms with Gasteiger partial charge in [-0.15, -0.1) is 0 Å². The zero-order valence-electron chi connectivity index (χ0n) is 44.6. The number of hydrogen-bond acceptors (Lipinski definition) is 10. The Kier molecular flexibility index (Phi) is 20.8. The van der Waals surface area contributed by atoms with Gasteiger partial charge >= 0.3 is 5.97 Å². The van der Waals surface area contributed by atoms with Gasteiger partial charge in [0.25, 0.3) is 8.32 Å². The van der Waals surface area contributed by atoms with Crippen LogP contribution in [0.2, 0.25) is 48.9 Å². The number of rotatable bonds is 25. The number of carbonyl (C=O) groups is 1. The third-order valence-electron chi connectivity index (χ3n) is 13.1. The van der Waals surface area contributed by atoms with Gasteiger partial charge in [-0.3, -0.25) is 0 Å². The Morgan fingerprint density at radius 2 is 1.43 bits per heavy atom. The lowest BCUT2D eigenvalue weighted by Crippen LogP contribution is -2.67. The minimum atomic E-state index is -2.82. The molecule has 1 aliphatic rings. The van der Waals surface area contributed by atoms with Crippen LogP contribution < -0.4 is 19.8 Å². The minimum absolute atomic E-state index is 0.00694. The topological polar surface area (TPSA) is 140 Å². The second kappa shape index (κ2) is 24.9. The van der Waals surface area contributed by atoms with E-state index in [1.807, 2.05) is 26.0 Å². The highest BCUT2D eigenvalue weighted by Gasteiger charge is 2.52. The fraction of sp³-hybridized carbons (Fsp3) is 0.574. The molecular weight excluding hydrogens is 919 g/mol.